The average molecular weight is 386 g/mol. The molecule has 2 aromatic rings. The zero-order valence-corrected chi connectivity index (χ0v) is 14.9. The lowest BCUT2D eigenvalue weighted by molar-refractivity contribution is -0.0176. The van der Waals surface area contributed by atoms with E-state index < -0.39 is 0 Å². The van der Waals surface area contributed by atoms with Crippen LogP contribution in [0.25, 0.3) is 11.4 Å². The van der Waals surface area contributed by atoms with Gasteiger partial charge in [0.2, 0.25) is 0 Å². The minimum atomic E-state index is 0.386. The Morgan fingerprint density at radius 3 is 3.00 bits per heavy atom. The fourth-order valence-electron chi connectivity index (χ4n) is 2.48. The first-order chi connectivity index (χ1) is 10.5. The molecule has 0 spiro atoms. The van der Waals surface area contributed by atoms with Gasteiger partial charge in [-0.3, -0.25) is 4.90 Å². The fraction of sp³-hybridized carbons (Fsp3) is 0.467. The van der Waals surface area contributed by atoms with Crippen molar-refractivity contribution in [1.29, 1.82) is 0 Å². The Labute approximate surface area is 143 Å². The predicted octanol–water partition coefficient (Wildman–Crippen LogP) is 3.35. The molecule has 1 aromatic carbocycles. The van der Waals surface area contributed by atoms with E-state index in [9.17, 15) is 0 Å². The van der Waals surface area contributed by atoms with Crippen molar-refractivity contribution in [2.24, 2.45) is 0 Å². The predicted molar refractivity (Wildman–Crippen MR) is 89.9 cm³/mol. The lowest BCUT2D eigenvalue weighted by atomic mass is 10.2. The molecule has 0 aliphatic carbocycles. The summed E-state index contributed by atoms with van der Waals surface area (Å²) in [5, 5.41) is 5.27. The normalized spacial score (nSPS) is 19.5. The molecule has 1 unspecified atom stereocenters. The summed E-state index contributed by atoms with van der Waals surface area (Å²) in [7, 11) is 0. The number of hydrogen-bond donors (Lipinski definition) is 0. The molecule has 3 rings (SSSR count). The number of rotatable bonds is 3. The molecule has 118 valence electrons. The van der Waals surface area contributed by atoms with Gasteiger partial charge in [-0.25, -0.2) is 9.67 Å². The minimum absolute atomic E-state index is 0.386. The first-order valence-electron chi connectivity index (χ1n) is 7.23. The van der Waals surface area contributed by atoms with E-state index in [1.807, 2.05) is 29.8 Å². The number of aryl methyl sites for hydroxylation is 1. The Kier molecular flexibility index (Phi) is 4.82. The molecule has 0 saturated carbocycles. The van der Waals surface area contributed by atoms with Gasteiger partial charge in [-0.15, -0.1) is 5.10 Å². The zero-order valence-electron chi connectivity index (χ0n) is 12.6. The highest BCUT2D eigenvalue weighted by Gasteiger charge is 2.20. The van der Waals surface area contributed by atoms with Crippen molar-refractivity contribution in [3.05, 3.63) is 33.5 Å². The number of nitrogens with zero attached hydrogens (tertiary/aromatic N) is 4. The average Bonchev–Trinajstić information content (AvgIpc) is 2.82. The molecule has 1 aliphatic rings. The van der Waals surface area contributed by atoms with Gasteiger partial charge in [0.25, 0.3) is 0 Å². The van der Waals surface area contributed by atoms with Crippen LogP contribution in [0.2, 0.25) is 5.02 Å². The van der Waals surface area contributed by atoms with E-state index in [1.54, 1.807) is 0 Å². The Balaban J connectivity index is 1.84. The van der Waals surface area contributed by atoms with E-state index in [2.05, 4.69) is 37.8 Å². The number of morpholine rings is 1. The number of ether oxygens (including phenoxy) is 1. The second-order valence-electron chi connectivity index (χ2n) is 5.48. The second-order valence-corrected chi connectivity index (χ2v) is 6.81. The Bertz CT molecular complexity index is 676. The standard InChI is InChI=1S/C15H18BrClN4O/c1-10-8-22-6-5-20(10)9-21-11(2)18-15(19-21)13-4-3-12(16)7-14(13)17/h3-4,7,10H,5-6,8-9H2,1-2H3. The van der Waals surface area contributed by atoms with Crippen LogP contribution < -0.4 is 0 Å². The van der Waals surface area contributed by atoms with Crippen molar-refractivity contribution >= 4 is 27.5 Å². The fourth-order valence-corrected chi connectivity index (χ4v) is 3.24. The summed E-state index contributed by atoms with van der Waals surface area (Å²) >= 11 is 9.71. The van der Waals surface area contributed by atoms with Gasteiger partial charge in [-0.05, 0) is 32.0 Å². The highest BCUT2D eigenvalue weighted by molar-refractivity contribution is 9.10. The largest absolute Gasteiger partial charge is 0.379 e. The lowest BCUT2D eigenvalue weighted by Crippen LogP contribution is -2.44. The highest BCUT2D eigenvalue weighted by Crippen LogP contribution is 2.28. The van der Waals surface area contributed by atoms with Crippen molar-refractivity contribution in [3.8, 4) is 11.4 Å². The van der Waals surface area contributed by atoms with Crippen LogP contribution in [0.15, 0.2) is 22.7 Å². The molecule has 0 amide bonds. The van der Waals surface area contributed by atoms with Crippen LogP contribution in [-0.4, -0.2) is 45.5 Å². The maximum atomic E-state index is 6.29. The summed E-state index contributed by atoms with van der Waals surface area (Å²) in [6.45, 7) is 7.29. The summed E-state index contributed by atoms with van der Waals surface area (Å²) in [4.78, 5) is 6.90. The van der Waals surface area contributed by atoms with E-state index in [4.69, 9.17) is 16.3 Å². The van der Waals surface area contributed by atoms with Crippen LogP contribution in [0.5, 0.6) is 0 Å². The van der Waals surface area contributed by atoms with Gasteiger partial charge in [0, 0.05) is 22.6 Å². The topological polar surface area (TPSA) is 43.2 Å². The number of benzene rings is 1. The van der Waals surface area contributed by atoms with Gasteiger partial charge in [0.05, 0.1) is 24.9 Å². The smallest absolute Gasteiger partial charge is 0.182 e. The first-order valence-corrected chi connectivity index (χ1v) is 8.40. The van der Waals surface area contributed by atoms with Crippen molar-refractivity contribution in [1.82, 2.24) is 19.7 Å². The molecule has 7 heteroatoms. The molecule has 0 bridgehead atoms. The first kappa shape index (κ1) is 15.9. The van der Waals surface area contributed by atoms with Gasteiger partial charge < -0.3 is 4.74 Å². The second kappa shape index (κ2) is 6.66. The van der Waals surface area contributed by atoms with Gasteiger partial charge in [-0.2, -0.15) is 0 Å². The van der Waals surface area contributed by atoms with Crippen LogP contribution in [-0.2, 0) is 11.4 Å². The van der Waals surface area contributed by atoms with Crippen LogP contribution >= 0.6 is 27.5 Å². The number of halogens is 2. The lowest BCUT2D eigenvalue weighted by Gasteiger charge is -2.32. The van der Waals surface area contributed by atoms with Crippen molar-refractivity contribution in [3.63, 3.8) is 0 Å². The maximum Gasteiger partial charge on any atom is 0.182 e. The third-order valence-corrected chi connectivity index (χ3v) is 4.66. The molecule has 1 atom stereocenters. The SMILES string of the molecule is Cc1nc(-c2ccc(Br)cc2Cl)nn1CN1CCOCC1C. The van der Waals surface area contributed by atoms with Crippen LogP contribution in [0, 0.1) is 6.92 Å². The Hall–Kier alpha value is -0.950. The Morgan fingerprint density at radius 2 is 2.27 bits per heavy atom. The maximum absolute atomic E-state index is 6.29. The van der Waals surface area contributed by atoms with Crippen LogP contribution in [0.4, 0.5) is 0 Å². The molecule has 1 saturated heterocycles. The number of hydrogen-bond acceptors (Lipinski definition) is 4. The summed E-state index contributed by atoms with van der Waals surface area (Å²) < 4.78 is 8.34. The van der Waals surface area contributed by atoms with Gasteiger partial charge in [-0.1, -0.05) is 27.5 Å². The van der Waals surface area contributed by atoms with Gasteiger partial charge >= 0.3 is 0 Å². The summed E-state index contributed by atoms with van der Waals surface area (Å²) in [6.07, 6.45) is 0. The third kappa shape index (κ3) is 3.35. The van der Waals surface area contributed by atoms with Crippen molar-refractivity contribution in [2.45, 2.75) is 26.6 Å². The van der Waals surface area contributed by atoms with E-state index >= 15 is 0 Å². The summed E-state index contributed by atoms with van der Waals surface area (Å²) in [5.74, 6) is 1.54. The highest BCUT2D eigenvalue weighted by atomic mass is 79.9. The van der Waals surface area contributed by atoms with Crippen LogP contribution in [0.3, 0.4) is 0 Å². The van der Waals surface area contributed by atoms with Crippen LogP contribution in [0.1, 0.15) is 12.7 Å². The molecule has 1 aromatic heterocycles. The van der Waals surface area contributed by atoms with Crippen molar-refractivity contribution < 1.29 is 4.74 Å². The summed E-state index contributed by atoms with van der Waals surface area (Å²) in [5.41, 5.74) is 0.849. The Morgan fingerprint density at radius 1 is 1.45 bits per heavy atom. The van der Waals surface area contributed by atoms with E-state index in [1.165, 1.54) is 0 Å². The van der Waals surface area contributed by atoms with E-state index in [-0.39, 0.29) is 0 Å². The monoisotopic (exact) mass is 384 g/mol. The molecule has 0 radical (unpaired) electrons. The number of aromatic nitrogens is 3. The van der Waals surface area contributed by atoms with Gasteiger partial charge in [0.1, 0.15) is 5.82 Å². The summed E-state index contributed by atoms with van der Waals surface area (Å²) in [6, 6.07) is 6.12. The molecule has 2 heterocycles. The molecule has 5 nitrogen and oxygen atoms in total. The molecular weight excluding hydrogens is 368 g/mol. The van der Waals surface area contributed by atoms with Gasteiger partial charge in [0.15, 0.2) is 5.82 Å². The van der Waals surface area contributed by atoms with E-state index in [0.29, 0.717) is 16.9 Å². The van der Waals surface area contributed by atoms with Crippen molar-refractivity contribution in [2.75, 3.05) is 19.8 Å². The van der Waals surface area contributed by atoms with E-state index in [0.717, 1.165) is 42.3 Å². The molecule has 1 aliphatic heterocycles. The third-order valence-electron chi connectivity index (χ3n) is 3.85. The molecule has 0 N–H and O–H groups in total. The molecular formula is C15H18BrClN4O. The minimum Gasteiger partial charge on any atom is -0.379 e. The zero-order chi connectivity index (χ0) is 15.7. The molecule has 1 fully saturated rings. The molecule has 22 heavy (non-hydrogen) atoms. The quantitative estimate of drug-likeness (QED) is 0.813.